The standard InChI is InChI=1S/C18H24N4O2/c1-4-9-22(10-5-2)17-13-19-16(12-20-17)18(23)21-14-7-6-8-15(11-14)24-3/h6-8,11-13H,4-5,9-10H2,1-3H3,(H,21,23). The van der Waals surface area contributed by atoms with Crippen molar-refractivity contribution < 1.29 is 9.53 Å². The van der Waals surface area contributed by atoms with E-state index in [2.05, 4.69) is 34.0 Å². The van der Waals surface area contributed by atoms with Gasteiger partial charge in [0.15, 0.2) is 0 Å². The number of rotatable bonds is 8. The summed E-state index contributed by atoms with van der Waals surface area (Å²) in [6.45, 7) is 6.12. The van der Waals surface area contributed by atoms with Gasteiger partial charge in [0.1, 0.15) is 17.3 Å². The van der Waals surface area contributed by atoms with Gasteiger partial charge in [-0.2, -0.15) is 0 Å². The van der Waals surface area contributed by atoms with Crippen LogP contribution >= 0.6 is 0 Å². The van der Waals surface area contributed by atoms with Crippen molar-refractivity contribution in [3.63, 3.8) is 0 Å². The van der Waals surface area contributed by atoms with Crippen molar-refractivity contribution in [1.29, 1.82) is 0 Å². The lowest BCUT2D eigenvalue weighted by molar-refractivity contribution is 0.102. The van der Waals surface area contributed by atoms with Crippen molar-refractivity contribution in [2.45, 2.75) is 26.7 Å². The van der Waals surface area contributed by atoms with Crippen molar-refractivity contribution in [2.75, 3.05) is 30.4 Å². The Bertz CT molecular complexity index is 652. The molecule has 0 aliphatic rings. The Morgan fingerprint density at radius 3 is 2.50 bits per heavy atom. The van der Waals surface area contributed by atoms with E-state index >= 15 is 0 Å². The molecule has 0 aliphatic carbocycles. The third kappa shape index (κ3) is 4.68. The molecule has 2 aromatic rings. The average Bonchev–Trinajstić information content (AvgIpc) is 2.62. The Morgan fingerprint density at radius 2 is 1.92 bits per heavy atom. The number of carbonyl (C=O) groups is 1. The first-order valence-electron chi connectivity index (χ1n) is 8.20. The van der Waals surface area contributed by atoms with E-state index < -0.39 is 0 Å². The van der Waals surface area contributed by atoms with E-state index in [1.54, 1.807) is 25.4 Å². The number of benzene rings is 1. The summed E-state index contributed by atoms with van der Waals surface area (Å²) in [7, 11) is 1.59. The first-order valence-corrected chi connectivity index (χ1v) is 8.20. The molecule has 1 N–H and O–H groups in total. The maximum absolute atomic E-state index is 12.3. The van der Waals surface area contributed by atoms with Gasteiger partial charge in [-0.15, -0.1) is 0 Å². The molecule has 0 saturated carbocycles. The van der Waals surface area contributed by atoms with Crippen LogP contribution in [-0.2, 0) is 0 Å². The van der Waals surface area contributed by atoms with Gasteiger partial charge in [-0.25, -0.2) is 9.97 Å². The maximum atomic E-state index is 12.3. The highest BCUT2D eigenvalue weighted by molar-refractivity contribution is 6.02. The van der Waals surface area contributed by atoms with Crippen LogP contribution in [0.3, 0.4) is 0 Å². The lowest BCUT2D eigenvalue weighted by Gasteiger charge is -2.22. The van der Waals surface area contributed by atoms with Crippen LogP contribution in [0.1, 0.15) is 37.2 Å². The predicted molar refractivity (Wildman–Crippen MR) is 95.8 cm³/mol. The Hall–Kier alpha value is -2.63. The molecule has 1 aromatic carbocycles. The van der Waals surface area contributed by atoms with Crippen molar-refractivity contribution in [2.24, 2.45) is 0 Å². The van der Waals surface area contributed by atoms with Gasteiger partial charge in [0, 0.05) is 24.8 Å². The minimum atomic E-state index is -0.292. The topological polar surface area (TPSA) is 67.4 Å². The van der Waals surface area contributed by atoms with Crippen LogP contribution in [0.4, 0.5) is 11.5 Å². The Labute approximate surface area is 142 Å². The van der Waals surface area contributed by atoms with Gasteiger partial charge in [-0.3, -0.25) is 4.79 Å². The molecular formula is C18H24N4O2. The summed E-state index contributed by atoms with van der Waals surface area (Å²) in [5.41, 5.74) is 0.943. The molecule has 6 heteroatoms. The lowest BCUT2D eigenvalue weighted by Crippen LogP contribution is -2.26. The summed E-state index contributed by atoms with van der Waals surface area (Å²) < 4.78 is 5.15. The van der Waals surface area contributed by atoms with Gasteiger partial charge in [-0.1, -0.05) is 19.9 Å². The quantitative estimate of drug-likeness (QED) is 0.805. The first-order chi connectivity index (χ1) is 11.7. The van der Waals surface area contributed by atoms with Gasteiger partial charge in [-0.05, 0) is 25.0 Å². The second-order valence-corrected chi connectivity index (χ2v) is 5.43. The van der Waals surface area contributed by atoms with Crippen molar-refractivity contribution >= 4 is 17.4 Å². The predicted octanol–water partition coefficient (Wildman–Crippen LogP) is 3.36. The normalized spacial score (nSPS) is 10.3. The van der Waals surface area contributed by atoms with E-state index in [9.17, 15) is 4.79 Å². The molecule has 0 aliphatic heterocycles. The number of ether oxygens (including phenoxy) is 1. The van der Waals surface area contributed by atoms with E-state index in [1.165, 1.54) is 6.20 Å². The van der Waals surface area contributed by atoms with Crippen molar-refractivity contribution in [3.05, 3.63) is 42.4 Å². The second kappa shape index (κ2) is 8.86. The van der Waals surface area contributed by atoms with E-state index in [0.29, 0.717) is 11.4 Å². The largest absolute Gasteiger partial charge is 0.497 e. The van der Waals surface area contributed by atoms with Gasteiger partial charge in [0.25, 0.3) is 5.91 Å². The number of aromatic nitrogens is 2. The van der Waals surface area contributed by atoms with E-state index in [1.807, 2.05) is 12.1 Å². The molecule has 0 fully saturated rings. The zero-order valence-corrected chi connectivity index (χ0v) is 14.5. The van der Waals surface area contributed by atoms with E-state index in [4.69, 9.17) is 4.74 Å². The van der Waals surface area contributed by atoms with Crippen LogP contribution in [0.15, 0.2) is 36.7 Å². The summed E-state index contributed by atoms with van der Waals surface area (Å²) in [4.78, 5) is 23.1. The number of nitrogens with one attached hydrogen (secondary N) is 1. The molecule has 1 amide bonds. The lowest BCUT2D eigenvalue weighted by atomic mass is 10.3. The third-order valence-corrected chi connectivity index (χ3v) is 3.51. The van der Waals surface area contributed by atoms with Gasteiger partial charge in [0.05, 0.1) is 19.5 Å². The van der Waals surface area contributed by atoms with Crippen LogP contribution < -0.4 is 15.0 Å². The Morgan fingerprint density at radius 1 is 1.17 bits per heavy atom. The van der Waals surface area contributed by atoms with Crippen molar-refractivity contribution in [1.82, 2.24) is 9.97 Å². The molecule has 2 rings (SSSR count). The van der Waals surface area contributed by atoms with E-state index in [0.717, 1.165) is 31.7 Å². The highest BCUT2D eigenvalue weighted by Crippen LogP contribution is 2.17. The number of methoxy groups -OCH3 is 1. The molecule has 1 aromatic heterocycles. The molecule has 128 valence electrons. The fraction of sp³-hybridized carbons (Fsp3) is 0.389. The molecule has 0 atom stereocenters. The molecule has 0 bridgehead atoms. The summed E-state index contributed by atoms with van der Waals surface area (Å²) in [6.07, 6.45) is 5.26. The SMILES string of the molecule is CCCN(CCC)c1cnc(C(=O)Nc2cccc(OC)c2)cn1. The monoisotopic (exact) mass is 328 g/mol. The average molecular weight is 328 g/mol. The van der Waals surface area contributed by atoms with Crippen LogP contribution in [-0.4, -0.2) is 36.1 Å². The number of anilines is 2. The Balaban J connectivity index is 2.07. The summed E-state index contributed by atoms with van der Waals surface area (Å²) in [6, 6.07) is 7.19. The molecule has 0 saturated heterocycles. The Kier molecular flexibility index (Phi) is 6.54. The van der Waals surface area contributed by atoms with Crippen LogP contribution in [0.25, 0.3) is 0 Å². The van der Waals surface area contributed by atoms with Crippen LogP contribution in [0, 0.1) is 0 Å². The third-order valence-electron chi connectivity index (χ3n) is 3.51. The summed E-state index contributed by atoms with van der Waals surface area (Å²) in [5.74, 6) is 1.19. The second-order valence-electron chi connectivity index (χ2n) is 5.43. The number of hydrogen-bond acceptors (Lipinski definition) is 5. The fourth-order valence-electron chi connectivity index (χ4n) is 2.38. The molecule has 6 nitrogen and oxygen atoms in total. The smallest absolute Gasteiger partial charge is 0.275 e. The minimum absolute atomic E-state index is 0.287. The summed E-state index contributed by atoms with van der Waals surface area (Å²) in [5, 5.41) is 2.80. The first kappa shape index (κ1) is 17.7. The molecule has 0 unspecified atom stereocenters. The van der Waals surface area contributed by atoms with Gasteiger partial charge >= 0.3 is 0 Å². The summed E-state index contributed by atoms with van der Waals surface area (Å²) >= 11 is 0. The molecule has 24 heavy (non-hydrogen) atoms. The molecular weight excluding hydrogens is 304 g/mol. The fourth-order valence-corrected chi connectivity index (χ4v) is 2.38. The molecule has 0 spiro atoms. The molecule has 0 radical (unpaired) electrons. The van der Waals surface area contributed by atoms with Gasteiger partial charge < -0.3 is 15.0 Å². The number of hydrogen-bond donors (Lipinski definition) is 1. The van der Waals surface area contributed by atoms with Crippen LogP contribution in [0.5, 0.6) is 5.75 Å². The van der Waals surface area contributed by atoms with Gasteiger partial charge in [0.2, 0.25) is 0 Å². The number of carbonyl (C=O) groups excluding carboxylic acids is 1. The molecule has 1 heterocycles. The highest BCUT2D eigenvalue weighted by atomic mass is 16.5. The highest BCUT2D eigenvalue weighted by Gasteiger charge is 2.11. The van der Waals surface area contributed by atoms with Crippen LogP contribution in [0.2, 0.25) is 0 Å². The van der Waals surface area contributed by atoms with Crippen molar-refractivity contribution in [3.8, 4) is 5.75 Å². The number of nitrogens with zero attached hydrogens (tertiary/aromatic N) is 3. The zero-order chi connectivity index (χ0) is 17.4. The maximum Gasteiger partial charge on any atom is 0.275 e. The minimum Gasteiger partial charge on any atom is -0.497 e. The zero-order valence-electron chi connectivity index (χ0n) is 14.5. The number of amides is 1. The van der Waals surface area contributed by atoms with E-state index in [-0.39, 0.29) is 11.6 Å².